The van der Waals surface area contributed by atoms with Crippen LogP contribution < -0.4 is 4.90 Å². The first-order valence-electron chi connectivity index (χ1n) is 9.78. The molecule has 0 bridgehead atoms. The van der Waals surface area contributed by atoms with Crippen molar-refractivity contribution < 1.29 is 5.11 Å². The second kappa shape index (κ2) is 7.09. The lowest BCUT2D eigenvalue weighted by molar-refractivity contribution is 0.249. The standard InChI is InChI=1S/C21H24N4OS/c26-16-5-3-4-15(12-16)13-24-8-10-25(11-9-24)20-19-17-6-1-2-7-18(17)27-21(19)23-14-22-20/h3-5,12,14,26H,1-2,6-11,13H2. The van der Waals surface area contributed by atoms with Crippen molar-refractivity contribution >= 4 is 27.4 Å². The smallest absolute Gasteiger partial charge is 0.141 e. The summed E-state index contributed by atoms with van der Waals surface area (Å²) in [5.74, 6) is 1.48. The maximum atomic E-state index is 9.67. The molecule has 1 N–H and O–H groups in total. The monoisotopic (exact) mass is 380 g/mol. The van der Waals surface area contributed by atoms with Crippen LogP contribution >= 0.6 is 11.3 Å². The largest absolute Gasteiger partial charge is 0.508 e. The number of hydrogen-bond donors (Lipinski definition) is 1. The Hall–Kier alpha value is -2.18. The van der Waals surface area contributed by atoms with E-state index in [4.69, 9.17) is 4.98 Å². The quantitative estimate of drug-likeness (QED) is 0.752. The van der Waals surface area contributed by atoms with Gasteiger partial charge in [-0.05, 0) is 48.9 Å². The Kier molecular flexibility index (Phi) is 4.45. The summed E-state index contributed by atoms with van der Waals surface area (Å²) in [6, 6.07) is 7.58. The topological polar surface area (TPSA) is 52.5 Å². The zero-order chi connectivity index (χ0) is 18.2. The molecule has 1 aromatic carbocycles. The summed E-state index contributed by atoms with van der Waals surface area (Å²) in [6.07, 6.45) is 6.70. The molecule has 2 aromatic heterocycles. The van der Waals surface area contributed by atoms with E-state index < -0.39 is 0 Å². The number of phenolic OH excluding ortho intramolecular Hbond substituents is 1. The van der Waals surface area contributed by atoms with Crippen LogP contribution in [-0.2, 0) is 19.4 Å². The number of benzene rings is 1. The number of rotatable bonds is 3. The van der Waals surface area contributed by atoms with Crippen LogP contribution in [0, 0.1) is 0 Å². The Morgan fingerprint density at radius 2 is 1.89 bits per heavy atom. The minimum Gasteiger partial charge on any atom is -0.508 e. The van der Waals surface area contributed by atoms with Crippen molar-refractivity contribution in [3.8, 4) is 5.75 Å². The molecule has 0 unspecified atom stereocenters. The van der Waals surface area contributed by atoms with Gasteiger partial charge in [-0.2, -0.15) is 0 Å². The molecule has 1 saturated heterocycles. The molecule has 0 radical (unpaired) electrons. The zero-order valence-electron chi connectivity index (χ0n) is 15.4. The number of piperazine rings is 1. The zero-order valence-corrected chi connectivity index (χ0v) is 16.2. The molecule has 5 nitrogen and oxygen atoms in total. The van der Waals surface area contributed by atoms with Gasteiger partial charge in [-0.25, -0.2) is 9.97 Å². The highest BCUT2D eigenvalue weighted by molar-refractivity contribution is 7.19. The van der Waals surface area contributed by atoms with Crippen LogP contribution in [0.25, 0.3) is 10.2 Å². The fraction of sp³-hybridized carbons (Fsp3) is 0.429. The molecular weight excluding hydrogens is 356 g/mol. The normalized spacial score (nSPS) is 18.0. The average Bonchev–Trinajstić information content (AvgIpc) is 3.07. The van der Waals surface area contributed by atoms with Gasteiger partial charge in [-0.15, -0.1) is 11.3 Å². The van der Waals surface area contributed by atoms with E-state index >= 15 is 0 Å². The molecule has 3 aromatic rings. The van der Waals surface area contributed by atoms with E-state index in [1.54, 1.807) is 12.4 Å². The second-order valence-corrected chi connectivity index (χ2v) is 8.61. The first-order valence-corrected chi connectivity index (χ1v) is 10.6. The molecule has 0 amide bonds. The molecule has 0 spiro atoms. The van der Waals surface area contributed by atoms with Crippen LogP contribution in [0.3, 0.4) is 0 Å². The van der Waals surface area contributed by atoms with Crippen LogP contribution in [0.15, 0.2) is 30.6 Å². The molecule has 1 aliphatic heterocycles. The van der Waals surface area contributed by atoms with Gasteiger partial charge in [0, 0.05) is 37.6 Å². The molecule has 0 saturated carbocycles. The SMILES string of the molecule is Oc1cccc(CN2CCN(c3ncnc4sc5c(c34)CCCC5)CC2)c1. The van der Waals surface area contributed by atoms with E-state index in [1.807, 2.05) is 23.5 Å². The number of aromatic nitrogens is 2. The van der Waals surface area contributed by atoms with Crippen molar-refractivity contribution in [1.82, 2.24) is 14.9 Å². The van der Waals surface area contributed by atoms with Crippen molar-refractivity contribution in [2.45, 2.75) is 32.2 Å². The van der Waals surface area contributed by atoms with Crippen LogP contribution in [-0.4, -0.2) is 46.2 Å². The third kappa shape index (κ3) is 3.28. The summed E-state index contributed by atoms with van der Waals surface area (Å²) in [7, 11) is 0. The van der Waals surface area contributed by atoms with Gasteiger partial charge in [-0.1, -0.05) is 12.1 Å². The van der Waals surface area contributed by atoms with Crippen molar-refractivity contribution in [2.75, 3.05) is 31.1 Å². The highest BCUT2D eigenvalue weighted by Gasteiger charge is 2.25. The van der Waals surface area contributed by atoms with Crippen LogP contribution in [0.5, 0.6) is 5.75 Å². The predicted molar refractivity (Wildman–Crippen MR) is 110 cm³/mol. The Morgan fingerprint density at radius 3 is 2.74 bits per heavy atom. The van der Waals surface area contributed by atoms with Gasteiger partial charge in [0.05, 0.1) is 5.39 Å². The summed E-state index contributed by atoms with van der Waals surface area (Å²) in [5.41, 5.74) is 2.68. The first-order chi connectivity index (χ1) is 13.3. The van der Waals surface area contributed by atoms with Crippen LogP contribution in [0.1, 0.15) is 28.8 Å². The summed E-state index contributed by atoms with van der Waals surface area (Å²) < 4.78 is 0. The van der Waals surface area contributed by atoms with Gasteiger partial charge < -0.3 is 10.0 Å². The molecule has 1 fully saturated rings. The third-order valence-electron chi connectivity index (χ3n) is 5.72. The molecule has 2 aliphatic rings. The number of hydrogen-bond acceptors (Lipinski definition) is 6. The van der Waals surface area contributed by atoms with E-state index in [9.17, 15) is 5.11 Å². The molecule has 140 valence electrons. The fourth-order valence-electron chi connectivity index (χ4n) is 4.34. The molecule has 27 heavy (non-hydrogen) atoms. The summed E-state index contributed by atoms with van der Waals surface area (Å²) >= 11 is 1.87. The van der Waals surface area contributed by atoms with Gasteiger partial charge in [0.15, 0.2) is 0 Å². The lowest BCUT2D eigenvalue weighted by Crippen LogP contribution is -2.46. The number of nitrogens with zero attached hydrogens (tertiary/aromatic N) is 4. The minimum atomic E-state index is 0.344. The molecule has 5 rings (SSSR count). The summed E-state index contributed by atoms with van der Waals surface area (Å²) in [4.78, 5) is 16.8. The molecular formula is C21H24N4OS. The molecule has 1 aliphatic carbocycles. The Labute approximate surface area is 163 Å². The Bertz CT molecular complexity index is 962. The maximum absolute atomic E-state index is 9.67. The van der Waals surface area contributed by atoms with E-state index in [-0.39, 0.29) is 0 Å². The Balaban J connectivity index is 1.34. The predicted octanol–water partition coefficient (Wildman–Crippen LogP) is 3.60. The van der Waals surface area contributed by atoms with E-state index in [0.29, 0.717) is 5.75 Å². The molecule has 0 atom stereocenters. The van der Waals surface area contributed by atoms with E-state index in [0.717, 1.165) is 43.4 Å². The number of aromatic hydroxyl groups is 1. The van der Waals surface area contributed by atoms with E-state index in [1.165, 1.54) is 47.1 Å². The molecule has 3 heterocycles. The third-order valence-corrected chi connectivity index (χ3v) is 6.92. The van der Waals surface area contributed by atoms with Gasteiger partial charge >= 0.3 is 0 Å². The second-order valence-electron chi connectivity index (χ2n) is 7.52. The van der Waals surface area contributed by atoms with Gasteiger partial charge in [0.25, 0.3) is 0 Å². The van der Waals surface area contributed by atoms with Crippen molar-refractivity contribution in [1.29, 1.82) is 0 Å². The number of anilines is 1. The van der Waals surface area contributed by atoms with Gasteiger partial charge in [0.2, 0.25) is 0 Å². The minimum absolute atomic E-state index is 0.344. The number of phenols is 1. The first kappa shape index (κ1) is 17.0. The average molecular weight is 381 g/mol. The highest BCUT2D eigenvalue weighted by atomic mass is 32.1. The van der Waals surface area contributed by atoms with Crippen molar-refractivity contribution in [2.24, 2.45) is 0 Å². The van der Waals surface area contributed by atoms with Crippen molar-refractivity contribution in [3.05, 3.63) is 46.6 Å². The van der Waals surface area contributed by atoms with Crippen LogP contribution in [0.2, 0.25) is 0 Å². The fourth-order valence-corrected chi connectivity index (χ4v) is 5.57. The summed E-state index contributed by atoms with van der Waals surface area (Å²) in [6.45, 7) is 4.86. The lowest BCUT2D eigenvalue weighted by atomic mass is 9.97. The van der Waals surface area contributed by atoms with Gasteiger partial charge in [0.1, 0.15) is 22.7 Å². The number of fused-ring (bicyclic) bond motifs is 3. The number of thiophene rings is 1. The maximum Gasteiger partial charge on any atom is 0.141 e. The number of aryl methyl sites for hydroxylation is 2. The van der Waals surface area contributed by atoms with Crippen LogP contribution in [0.4, 0.5) is 5.82 Å². The highest BCUT2D eigenvalue weighted by Crippen LogP contribution is 2.39. The summed E-state index contributed by atoms with van der Waals surface area (Å²) in [5, 5.41) is 11.0. The van der Waals surface area contributed by atoms with Gasteiger partial charge in [-0.3, -0.25) is 4.90 Å². The van der Waals surface area contributed by atoms with Crippen molar-refractivity contribution in [3.63, 3.8) is 0 Å². The Morgan fingerprint density at radius 1 is 1.04 bits per heavy atom. The molecule has 6 heteroatoms. The lowest BCUT2D eigenvalue weighted by Gasteiger charge is -2.35. The van der Waals surface area contributed by atoms with E-state index in [2.05, 4.69) is 20.9 Å².